The molecule has 0 spiro atoms. The Kier molecular flexibility index (Phi) is 6.40. The highest BCUT2D eigenvalue weighted by atomic mass is 19.1. The number of anilines is 2. The Morgan fingerprint density at radius 3 is 2.61 bits per heavy atom. The van der Waals surface area contributed by atoms with E-state index in [0.29, 0.717) is 28.2 Å². The molecule has 0 aliphatic carbocycles. The Balaban J connectivity index is 1.39. The summed E-state index contributed by atoms with van der Waals surface area (Å²) in [6.07, 6.45) is 3.53. The van der Waals surface area contributed by atoms with E-state index >= 15 is 0 Å². The summed E-state index contributed by atoms with van der Waals surface area (Å²) in [6, 6.07) is 19.6. The van der Waals surface area contributed by atoms with E-state index < -0.39 is 11.4 Å². The number of piperidine rings is 1. The molecule has 0 amide bonds. The molecule has 1 saturated heterocycles. The third-order valence-corrected chi connectivity index (χ3v) is 7.16. The van der Waals surface area contributed by atoms with Crippen LogP contribution in [0.25, 0.3) is 22.0 Å². The van der Waals surface area contributed by atoms with Crippen molar-refractivity contribution in [1.82, 2.24) is 14.9 Å². The number of fused-ring (bicyclic) bond motifs is 1. The molecule has 182 valence electrons. The van der Waals surface area contributed by atoms with Crippen molar-refractivity contribution in [2.75, 3.05) is 25.5 Å². The number of aliphatic hydroxyl groups is 1. The SMILES string of the molecule is CN1CCC([C@@](C)(O)c2ccc3cnc(Nc4ccc(-c5cccc(C#N)c5)cc4F)cc3n2)CC1. The number of hydrogen-bond donors (Lipinski definition) is 2. The van der Waals surface area contributed by atoms with E-state index in [1.54, 1.807) is 42.6 Å². The third kappa shape index (κ3) is 4.78. The summed E-state index contributed by atoms with van der Waals surface area (Å²) in [5.74, 6) is 0.174. The lowest BCUT2D eigenvalue weighted by Gasteiger charge is -2.38. The van der Waals surface area contributed by atoms with Crippen LogP contribution in [-0.2, 0) is 5.60 Å². The molecule has 1 aliphatic rings. The maximum atomic E-state index is 15.0. The number of nitriles is 1. The number of nitrogens with one attached hydrogen (secondary N) is 1. The highest BCUT2D eigenvalue weighted by Crippen LogP contribution is 2.36. The molecule has 36 heavy (non-hydrogen) atoms. The maximum Gasteiger partial charge on any atom is 0.147 e. The van der Waals surface area contributed by atoms with Crippen LogP contribution in [0, 0.1) is 23.1 Å². The van der Waals surface area contributed by atoms with Crippen LogP contribution in [0.4, 0.5) is 15.9 Å². The van der Waals surface area contributed by atoms with Crippen molar-refractivity contribution in [3.8, 4) is 17.2 Å². The molecule has 2 N–H and O–H groups in total. The molecule has 0 unspecified atom stereocenters. The third-order valence-electron chi connectivity index (χ3n) is 7.16. The van der Waals surface area contributed by atoms with Crippen molar-refractivity contribution < 1.29 is 9.50 Å². The van der Waals surface area contributed by atoms with Crippen LogP contribution in [0.1, 0.15) is 31.0 Å². The fourth-order valence-electron chi connectivity index (χ4n) is 4.85. The number of halogens is 1. The van der Waals surface area contributed by atoms with E-state index in [-0.39, 0.29) is 11.6 Å². The molecule has 1 atom stereocenters. The molecule has 5 rings (SSSR count). The lowest BCUT2D eigenvalue weighted by atomic mass is 9.79. The molecule has 7 heteroatoms. The second kappa shape index (κ2) is 9.65. The average Bonchev–Trinajstić information content (AvgIpc) is 2.89. The number of rotatable bonds is 5. The summed E-state index contributed by atoms with van der Waals surface area (Å²) in [7, 11) is 2.10. The smallest absolute Gasteiger partial charge is 0.147 e. The molecule has 6 nitrogen and oxygen atoms in total. The van der Waals surface area contributed by atoms with E-state index in [2.05, 4.69) is 28.3 Å². The lowest BCUT2D eigenvalue weighted by Crippen LogP contribution is -2.41. The Hall–Kier alpha value is -3.86. The first-order valence-electron chi connectivity index (χ1n) is 12.1. The predicted molar refractivity (Wildman–Crippen MR) is 139 cm³/mol. The first-order valence-corrected chi connectivity index (χ1v) is 12.1. The van der Waals surface area contributed by atoms with Crippen molar-refractivity contribution in [1.29, 1.82) is 5.26 Å². The normalized spacial score (nSPS) is 16.4. The van der Waals surface area contributed by atoms with Gasteiger partial charge in [-0.25, -0.2) is 14.4 Å². The van der Waals surface area contributed by atoms with Gasteiger partial charge in [0.2, 0.25) is 0 Å². The highest BCUT2D eigenvalue weighted by Gasteiger charge is 2.36. The van der Waals surface area contributed by atoms with Crippen molar-refractivity contribution in [3.63, 3.8) is 0 Å². The van der Waals surface area contributed by atoms with Gasteiger partial charge in [-0.15, -0.1) is 0 Å². The van der Waals surface area contributed by atoms with Gasteiger partial charge in [-0.3, -0.25) is 0 Å². The van der Waals surface area contributed by atoms with Crippen LogP contribution in [0.5, 0.6) is 0 Å². The lowest BCUT2D eigenvalue weighted by molar-refractivity contribution is -0.0334. The summed E-state index contributed by atoms with van der Waals surface area (Å²) in [5, 5.41) is 24.4. The quantitative estimate of drug-likeness (QED) is 0.386. The molecule has 1 fully saturated rings. The Bertz CT molecular complexity index is 1450. The van der Waals surface area contributed by atoms with Crippen molar-refractivity contribution >= 4 is 22.4 Å². The zero-order valence-electron chi connectivity index (χ0n) is 20.4. The summed E-state index contributed by atoms with van der Waals surface area (Å²) in [4.78, 5) is 11.5. The number of pyridine rings is 2. The molecule has 2 aromatic heterocycles. The van der Waals surface area contributed by atoms with Crippen LogP contribution >= 0.6 is 0 Å². The number of benzene rings is 2. The minimum Gasteiger partial charge on any atom is -0.384 e. The van der Waals surface area contributed by atoms with Gasteiger partial charge in [0, 0.05) is 17.6 Å². The van der Waals surface area contributed by atoms with E-state index in [0.717, 1.165) is 36.9 Å². The second-order valence-electron chi connectivity index (χ2n) is 9.70. The first kappa shape index (κ1) is 23.9. The van der Waals surface area contributed by atoms with Crippen LogP contribution in [0.3, 0.4) is 0 Å². The van der Waals surface area contributed by atoms with Gasteiger partial charge in [0.25, 0.3) is 0 Å². The fraction of sp³-hybridized carbons (Fsp3) is 0.276. The van der Waals surface area contributed by atoms with Crippen LogP contribution in [0.15, 0.2) is 66.9 Å². The van der Waals surface area contributed by atoms with Gasteiger partial charge in [0.05, 0.1) is 28.5 Å². The van der Waals surface area contributed by atoms with Crippen molar-refractivity contribution in [2.45, 2.75) is 25.4 Å². The zero-order chi connectivity index (χ0) is 25.3. The van der Waals surface area contributed by atoms with Gasteiger partial charge in [0.15, 0.2) is 0 Å². The van der Waals surface area contributed by atoms with Crippen molar-refractivity contribution in [3.05, 3.63) is 83.9 Å². The molecule has 1 aliphatic heterocycles. The number of aromatic nitrogens is 2. The molecule has 2 aromatic carbocycles. The summed E-state index contributed by atoms with van der Waals surface area (Å²) in [6.45, 7) is 3.77. The molecule has 0 bridgehead atoms. The van der Waals surface area contributed by atoms with Gasteiger partial charge in [-0.1, -0.05) is 18.2 Å². The van der Waals surface area contributed by atoms with E-state index in [1.165, 1.54) is 6.07 Å². The molecule has 4 aromatic rings. The minimum absolute atomic E-state index is 0.138. The minimum atomic E-state index is -1.03. The average molecular weight is 482 g/mol. The standard InChI is InChI=1S/C29H28FN5O/c1-29(36,23-10-12-35(2)13-11-23)27-9-7-22-18-32-28(16-26(22)33-27)34-25-8-6-21(15-24(25)30)20-5-3-4-19(14-20)17-31/h3-9,14-16,18,23,36H,10-13H2,1-2H3,(H,32,34)/t29-/m1/s1. The summed E-state index contributed by atoms with van der Waals surface area (Å²) in [5.41, 5.74) is 2.56. The van der Waals surface area contributed by atoms with E-state index in [1.807, 2.05) is 25.1 Å². The van der Waals surface area contributed by atoms with E-state index in [4.69, 9.17) is 10.2 Å². The maximum absolute atomic E-state index is 15.0. The Morgan fingerprint density at radius 1 is 1.08 bits per heavy atom. The number of likely N-dealkylation sites (tertiary alicyclic amines) is 1. The van der Waals surface area contributed by atoms with Gasteiger partial charge >= 0.3 is 0 Å². The molecule has 0 radical (unpaired) electrons. The van der Waals surface area contributed by atoms with Gasteiger partial charge in [-0.2, -0.15) is 5.26 Å². The fourth-order valence-corrected chi connectivity index (χ4v) is 4.85. The number of nitrogens with zero attached hydrogens (tertiary/aromatic N) is 4. The monoisotopic (exact) mass is 481 g/mol. The van der Waals surface area contributed by atoms with Gasteiger partial charge in [-0.05, 0) is 93.3 Å². The largest absolute Gasteiger partial charge is 0.384 e. The first-order chi connectivity index (χ1) is 17.3. The second-order valence-corrected chi connectivity index (χ2v) is 9.70. The molecular weight excluding hydrogens is 453 g/mol. The number of hydrogen-bond acceptors (Lipinski definition) is 6. The van der Waals surface area contributed by atoms with Gasteiger partial charge in [0.1, 0.15) is 17.2 Å². The molecular formula is C29H28FN5O. The summed E-state index contributed by atoms with van der Waals surface area (Å²) >= 11 is 0. The summed E-state index contributed by atoms with van der Waals surface area (Å²) < 4.78 is 15.0. The zero-order valence-corrected chi connectivity index (χ0v) is 20.4. The Morgan fingerprint density at radius 2 is 1.86 bits per heavy atom. The molecule has 0 saturated carbocycles. The van der Waals surface area contributed by atoms with Crippen LogP contribution in [0.2, 0.25) is 0 Å². The van der Waals surface area contributed by atoms with Crippen molar-refractivity contribution in [2.24, 2.45) is 5.92 Å². The van der Waals surface area contributed by atoms with Gasteiger partial charge < -0.3 is 15.3 Å². The molecule has 3 heterocycles. The topological polar surface area (TPSA) is 85.1 Å². The van der Waals surface area contributed by atoms with Crippen LogP contribution in [-0.4, -0.2) is 40.1 Å². The van der Waals surface area contributed by atoms with E-state index in [9.17, 15) is 9.50 Å². The Labute approximate surface area is 210 Å². The highest BCUT2D eigenvalue weighted by molar-refractivity contribution is 5.81. The predicted octanol–water partition coefficient (Wildman–Crippen LogP) is 5.60. The van der Waals surface area contributed by atoms with Crippen LogP contribution < -0.4 is 5.32 Å².